The van der Waals surface area contributed by atoms with E-state index in [1.54, 1.807) is 25.6 Å². The minimum Gasteiger partial charge on any atom is -0.496 e. The van der Waals surface area contributed by atoms with Crippen LogP contribution in [-0.4, -0.2) is 26.9 Å². The number of nitrogen functional groups attached to an aromatic ring is 1. The van der Waals surface area contributed by atoms with Crippen LogP contribution in [0.4, 0.5) is 10.2 Å². The molecule has 3 aromatic heterocycles. The van der Waals surface area contributed by atoms with Gasteiger partial charge in [0, 0.05) is 53.2 Å². The molecular formula is C25H24FN5O2. The van der Waals surface area contributed by atoms with Crippen molar-refractivity contribution in [3.63, 3.8) is 0 Å². The molecule has 0 spiro atoms. The largest absolute Gasteiger partial charge is 0.496 e. The number of aryl methyl sites for hydroxylation is 1. The lowest BCUT2D eigenvalue weighted by Crippen LogP contribution is -2.11. The smallest absolute Gasteiger partial charge is 0.166 e. The van der Waals surface area contributed by atoms with Crippen LogP contribution < -0.4 is 15.2 Å². The number of aromatic nitrogens is 4. The molecule has 2 N–H and O–H groups in total. The van der Waals surface area contributed by atoms with Crippen molar-refractivity contribution < 1.29 is 13.9 Å². The lowest BCUT2D eigenvalue weighted by atomic mass is 9.93. The number of benzene rings is 1. The van der Waals surface area contributed by atoms with Gasteiger partial charge in [-0.25, -0.2) is 9.37 Å². The molecule has 1 aliphatic heterocycles. The molecule has 4 heterocycles. The van der Waals surface area contributed by atoms with E-state index in [-0.39, 0.29) is 11.6 Å². The van der Waals surface area contributed by atoms with E-state index in [1.807, 2.05) is 36.9 Å². The van der Waals surface area contributed by atoms with Gasteiger partial charge in [-0.15, -0.1) is 0 Å². The van der Waals surface area contributed by atoms with Gasteiger partial charge in [0.25, 0.3) is 0 Å². The summed E-state index contributed by atoms with van der Waals surface area (Å²) in [5.74, 6) is 1.05. The Morgan fingerprint density at radius 3 is 2.85 bits per heavy atom. The highest BCUT2D eigenvalue weighted by Gasteiger charge is 2.24. The SMILES string of the molecule is CCn1ncc2c1-c1cnc(N)c(c1)OC(C)c1cc(F)ccc1-c1nccc(OC)c1C2. The number of nitrogens with two attached hydrogens (primary N) is 1. The van der Waals surface area contributed by atoms with Gasteiger partial charge in [0.15, 0.2) is 11.6 Å². The summed E-state index contributed by atoms with van der Waals surface area (Å²) >= 11 is 0. The molecule has 0 fully saturated rings. The first-order valence-electron chi connectivity index (χ1n) is 10.8. The zero-order valence-corrected chi connectivity index (χ0v) is 18.7. The zero-order chi connectivity index (χ0) is 23.1. The summed E-state index contributed by atoms with van der Waals surface area (Å²) in [6.45, 7) is 4.58. The number of hydrogen-bond donors (Lipinski definition) is 1. The maximum atomic E-state index is 14.3. The first kappa shape index (κ1) is 20.9. The van der Waals surface area contributed by atoms with Crippen molar-refractivity contribution in [2.45, 2.75) is 32.9 Å². The van der Waals surface area contributed by atoms with Crippen LogP contribution in [-0.2, 0) is 13.0 Å². The fourth-order valence-electron chi connectivity index (χ4n) is 4.41. The van der Waals surface area contributed by atoms with Crippen molar-refractivity contribution in [3.8, 4) is 34.0 Å². The Bertz CT molecular complexity index is 1350. The van der Waals surface area contributed by atoms with Crippen LogP contribution in [0.15, 0.2) is 48.9 Å². The van der Waals surface area contributed by atoms with Crippen LogP contribution >= 0.6 is 0 Å². The van der Waals surface area contributed by atoms with E-state index in [0.29, 0.717) is 35.7 Å². The maximum Gasteiger partial charge on any atom is 0.166 e. The standard InChI is InChI=1S/C25H24FN5O2/c1-4-31-24-15(13-30-31)9-20-21(32-3)7-8-28-23(20)18-6-5-17(26)11-19(18)14(2)33-22-10-16(24)12-29-25(22)27/h5-8,10-14H,4,9H2,1-3H3,(H2,27,29). The Hall–Kier alpha value is -3.94. The molecule has 0 radical (unpaired) electrons. The summed E-state index contributed by atoms with van der Waals surface area (Å²) in [5.41, 5.74) is 11.9. The molecule has 33 heavy (non-hydrogen) atoms. The van der Waals surface area contributed by atoms with Gasteiger partial charge in [-0.3, -0.25) is 9.67 Å². The van der Waals surface area contributed by atoms with E-state index in [1.165, 1.54) is 12.1 Å². The lowest BCUT2D eigenvalue weighted by molar-refractivity contribution is 0.227. The van der Waals surface area contributed by atoms with Gasteiger partial charge < -0.3 is 15.2 Å². The third kappa shape index (κ3) is 3.57. The van der Waals surface area contributed by atoms with Crippen molar-refractivity contribution in [2.24, 2.45) is 0 Å². The first-order valence-corrected chi connectivity index (χ1v) is 10.8. The fourth-order valence-corrected chi connectivity index (χ4v) is 4.41. The Morgan fingerprint density at radius 2 is 2.06 bits per heavy atom. The van der Waals surface area contributed by atoms with Crippen molar-refractivity contribution >= 4 is 5.82 Å². The summed E-state index contributed by atoms with van der Waals surface area (Å²) in [6, 6.07) is 8.34. The molecule has 8 heteroatoms. The molecule has 1 aliphatic rings. The maximum absolute atomic E-state index is 14.3. The molecular weight excluding hydrogens is 421 g/mol. The summed E-state index contributed by atoms with van der Waals surface area (Å²) in [4.78, 5) is 9.05. The van der Waals surface area contributed by atoms with Crippen LogP contribution in [0.2, 0.25) is 0 Å². The van der Waals surface area contributed by atoms with E-state index >= 15 is 0 Å². The Labute approximate surface area is 191 Å². The molecule has 0 aliphatic carbocycles. The monoisotopic (exact) mass is 445 g/mol. The van der Waals surface area contributed by atoms with Gasteiger partial charge in [0.2, 0.25) is 0 Å². The Kier molecular flexibility index (Phi) is 5.20. The number of hydrogen-bond acceptors (Lipinski definition) is 6. The van der Waals surface area contributed by atoms with Crippen molar-refractivity contribution in [1.82, 2.24) is 19.7 Å². The number of rotatable bonds is 2. The Balaban J connectivity index is 1.85. The molecule has 168 valence electrons. The van der Waals surface area contributed by atoms with Gasteiger partial charge in [0.1, 0.15) is 17.7 Å². The third-order valence-electron chi connectivity index (χ3n) is 5.98. The lowest BCUT2D eigenvalue weighted by Gasteiger charge is -2.22. The fraction of sp³-hybridized carbons (Fsp3) is 0.240. The van der Waals surface area contributed by atoms with Crippen molar-refractivity contribution in [3.05, 3.63) is 71.4 Å². The Morgan fingerprint density at radius 1 is 1.21 bits per heavy atom. The second kappa shape index (κ2) is 8.20. The summed E-state index contributed by atoms with van der Waals surface area (Å²) in [5, 5.41) is 4.59. The molecule has 4 aromatic rings. The molecule has 1 atom stereocenters. The van der Waals surface area contributed by atoms with Gasteiger partial charge in [0.05, 0.1) is 24.7 Å². The van der Waals surface area contributed by atoms with Crippen LogP contribution in [0.3, 0.4) is 0 Å². The predicted octanol–water partition coefficient (Wildman–Crippen LogP) is 4.80. The normalized spacial score (nSPS) is 14.7. The summed E-state index contributed by atoms with van der Waals surface area (Å²) < 4.78 is 28.2. The van der Waals surface area contributed by atoms with Gasteiger partial charge in [-0.1, -0.05) is 0 Å². The highest BCUT2D eigenvalue weighted by atomic mass is 19.1. The number of ether oxygens (including phenoxy) is 2. The number of halogens is 1. The number of anilines is 1. The van der Waals surface area contributed by atoms with E-state index in [9.17, 15) is 4.39 Å². The number of pyridine rings is 2. The molecule has 0 saturated carbocycles. The topological polar surface area (TPSA) is 88.1 Å². The van der Waals surface area contributed by atoms with Gasteiger partial charge >= 0.3 is 0 Å². The summed E-state index contributed by atoms with van der Waals surface area (Å²) in [7, 11) is 1.63. The third-order valence-corrected chi connectivity index (χ3v) is 5.98. The average Bonchev–Trinajstić information content (AvgIpc) is 3.22. The summed E-state index contributed by atoms with van der Waals surface area (Å²) in [6.07, 6.45) is 5.29. The van der Waals surface area contributed by atoms with Crippen LogP contribution in [0.1, 0.15) is 36.6 Å². The molecule has 0 amide bonds. The second-order valence-electron chi connectivity index (χ2n) is 7.95. The highest BCUT2D eigenvalue weighted by Crippen LogP contribution is 2.40. The molecule has 0 saturated heterocycles. The van der Waals surface area contributed by atoms with E-state index < -0.39 is 6.10 Å². The van der Waals surface area contributed by atoms with Crippen LogP contribution in [0.5, 0.6) is 11.5 Å². The van der Waals surface area contributed by atoms with E-state index in [4.69, 9.17) is 15.2 Å². The molecule has 2 bridgehead atoms. The number of fused-ring (bicyclic) bond motifs is 7. The number of methoxy groups -OCH3 is 1. The van der Waals surface area contributed by atoms with Crippen LogP contribution in [0, 0.1) is 5.82 Å². The quantitative estimate of drug-likeness (QED) is 0.477. The molecule has 7 nitrogen and oxygen atoms in total. The van der Waals surface area contributed by atoms with Crippen LogP contribution in [0.25, 0.3) is 22.5 Å². The minimum absolute atomic E-state index is 0.268. The van der Waals surface area contributed by atoms with Gasteiger partial charge in [-0.2, -0.15) is 5.10 Å². The minimum atomic E-state index is -0.508. The first-order chi connectivity index (χ1) is 16.0. The van der Waals surface area contributed by atoms with E-state index in [0.717, 1.165) is 27.9 Å². The van der Waals surface area contributed by atoms with Gasteiger partial charge in [-0.05, 0) is 44.2 Å². The second-order valence-corrected chi connectivity index (χ2v) is 7.95. The van der Waals surface area contributed by atoms with Crippen molar-refractivity contribution in [1.29, 1.82) is 0 Å². The highest BCUT2D eigenvalue weighted by molar-refractivity contribution is 5.73. The van der Waals surface area contributed by atoms with Crippen molar-refractivity contribution in [2.75, 3.05) is 12.8 Å². The number of nitrogens with zero attached hydrogens (tertiary/aromatic N) is 4. The molecule has 1 aromatic carbocycles. The average molecular weight is 445 g/mol. The molecule has 1 unspecified atom stereocenters. The molecule has 5 rings (SSSR count). The van der Waals surface area contributed by atoms with E-state index in [2.05, 4.69) is 15.1 Å². The zero-order valence-electron chi connectivity index (χ0n) is 18.7. The predicted molar refractivity (Wildman–Crippen MR) is 124 cm³/mol.